The van der Waals surface area contributed by atoms with Gasteiger partial charge in [-0.3, -0.25) is 14.9 Å². The van der Waals surface area contributed by atoms with Crippen molar-refractivity contribution in [2.24, 2.45) is 0 Å². The number of carbonyl (C=O) groups is 1. The van der Waals surface area contributed by atoms with E-state index in [1.807, 2.05) is 0 Å². The molecule has 1 heterocycles. The van der Waals surface area contributed by atoms with Gasteiger partial charge in [-0.1, -0.05) is 0 Å². The minimum Gasteiger partial charge on any atom is -0.383 e. The molecule has 0 aromatic heterocycles. The minimum atomic E-state index is -2.81. The van der Waals surface area contributed by atoms with Crippen molar-refractivity contribution in [1.82, 2.24) is 5.32 Å². The topological polar surface area (TPSA) is 84.3 Å². The SMILES string of the molecule is O=C1CCC(CNc2ccc([N+](=O)[O-])cc2C(F)F)N1. The maximum absolute atomic E-state index is 12.9. The van der Waals surface area contributed by atoms with E-state index >= 15 is 0 Å². The van der Waals surface area contributed by atoms with E-state index in [-0.39, 0.29) is 23.3 Å². The predicted octanol–water partition coefficient (Wildman–Crippen LogP) is 2.22. The van der Waals surface area contributed by atoms with Crippen molar-refractivity contribution in [2.45, 2.75) is 25.3 Å². The molecule has 2 rings (SSSR count). The fourth-order valence-corrected chi connectivity index (χ4v) is 2.07. The third-order valence-corrected chi connectivity index (χ3v) is 3.10. The second kappa shape index (κ2) is 5.81. The van der Waals surface area contributed by atoms with Crippen molar-refractivity contribution in [2.75, 3.05) is 11.9 Å². The molecule has 6 nitrogen and oxygen atoms in total. The number of nitro groups is 1. The molecule has 0 spiro atoms. The number of nitrogens with one attached hydrogen (secondary N) is 2. The Morgan fingerprint density at radius 3 is 2.80 bits per heavy atom. The summed E-state index contributed by atoms with van der Waals surface area (Å²) in [6.45, 7) is 0.309. The maximum Gasteiger partial charge on any atom is 0.270 e. The summed E-state index contributed by atoms with van der Waals surface area (Å²) in [6, 6.07) is 3.18. The van der Waals surface area contributed by atoms with Gasteiger partial charge in [0.15, 0.2) is 0 Å². The van der Waals surface area contributed by atoms with E-state index in [0.29, 0.717) is 19.4 Å². The number of amides is 1. The van der Waals surface area contributed by atoms with Crippen LogP contribution >= 0.6 is 0 Å². The van der Waals surface area contributed by atoms with Gasteiger partial charge in [0.1, 0.15) is 0 Å². The zero-order chi connectivity index (χ0) is 14.7. The molecule has 1 aromatic rings. The van der Waals surface area contributed by atoms with Crippen LogP contribution in [0.5, 0.6) is 0 Å². The standard InChI is InChI=1S/C12H13F2N3O3/c13-12(14)9-5-8(17(19)20)2-3-10(9)15-6-7-1-4-11(18)16-7/h2-3,5,7,12,15H,1,4,6H2,(H,16,18). The molecule has 8 heteroatoms. The molecule has 108 valence electrons. The van der Waals surface area contributed by atoms with E-state index in [1.54, 1.807) is 0 Å². The van der Waals surface area contributed by atoms with E-state index < -0.39 is 16.9 Å². The Hall–Kier alpha value is -2.25. The average molecular weight is 285 g/mol. The Bertz CT molecular complexity index is 537. The first-order valence-electron chi connectivity index (χ1n) is 6.07. The first-order chi connectivity index (χ1) is 9.47. The summed E-state index contributed by atoms with van der Waals surface area (Å²) in [4.78, 5) is 20.9. The molecule has 0 radical (unpaired) electrons. The monoisotopic (exact) mass is 285 g/mol. The summed E-state index contributed by atoms with van der Waals surface area (Å²) >= 11 is 0. The molecule has 1 fully saturated rings. The molecule has 1 aromatic carbocycles. The largest absolute Gasteiger partial charge is 0.383 e. The van der Waals surface area contributed by atoms with Gasteiger partial charge in [0, 0.05) is 42.4 Å². The highest BCUT2D eigenvalue weighted by Crippen LogP contribution is 2.30. The number of nitrogens with zero attached hydrogens (tertiary/aromatic N) is 1. The number of alkyl halides is 2. The molecule has 1 saturated heterocycles. The average Bonchev–Trinajstić information content (AvgIpc) is 2.81. The first-order valence-corrected chi connectivity index (χ1v) is 6.07. The molecule has 0 aliphatic carbocycles. The van der Waals surface area contributed by atoms with Crippen molar-refractivity contribution in [3.63, 3.8) is 0 Å². The lowest BCUT2D eigenvalue weighted by Crippen LogP contribution is -2.32. The number of hydrogen-bond donors (Lipinski definition) is 2. The zero-order valence-corrected chi connectivity index (χ0v) is 10.4. The fourth-order valence-electron chi connectivity index (χ4n) is 2.07. The lowest BCUT2D eigenvalue weighted by atomic mass is 10.1. The Kier molecular flexibility index (Phi) is 4.11. The van der Waals surface area contributed by atoms with Gasteiger partial charge in [0.05, 0.1) is 4.92 Å². The highest BCUT2D eigenvalue weighted by molar-refractivity contribution is 5.78. The van der Waals surface area contributed by atoms with Crippen LogP contribution in [0.4, 0.5) is 20.2 Å². The molecule has 0 bridgehead atoms. The van der Waals surface area contributed by atoms with E-state index in [4.69, 9.17) is 0 Å². The number of anilines is 1. The maximum atomic E-state index is 12.9. The Morgan fingerprint density at radius 2 is 2.25 bits per heavy atom. The number of benzene rings is 1. The molecule has 1 atom stereocenters. The van der Waals surface area contributed by atoms with Crippen LogP contribution in [0.25, 0.3) is 0 Å². The molecular weight excluding hydrogens is 272 g/mol. The number of non-ortho nitro benzene ring substituents is 1. The highest BCUT2D eigenvalue weighted by atomic mass is 19.3. The van der Waals surface area contributed by atoms with Crippen molar-refractivity contribution in [3.05, 3.63) is 33.9 Å². The van der Waals surface area contributed by atoms with Crippen LogP contribution in [0.1, 0.15) is 24.8 Å². The van der Waals surface area contributed by atoms with Gasteiger partial charge in [-0.05, 0) is 12.5 Å². The van der Waals surface area contributed by atoms with Crippen LogP contribution in [-0.2, 0) is 4.79 Å². The summed E-state index contributed by atoms with van der Waals surface area (Å²) in [7, 11) is 0. The number of hydrogen-bond acceptors (Lipinski definition) is 4. The summed E-state index contributed by atoms with van der Waals surface area (Å²) in [5, 5.41) is 16.1. The highest BCUT2D eigenvalue weighted by Gasteiger charge is 2.22. The second-order valence-electron chi connectivity index (χ2n) is 4.51. The van der Waals surface area contributed by atoms with Crippen molar-refractivity contribution in [1.29, 1.82) is 0 Å². The third kappa shape index (κ3) is 3.19. The predicted molar refractivity (Wildman–Crippen MR) is 67.7 cm³/mol. The first kappa shape index (κ1) is 14.2. The van der Waals surface area contributed by atoms with Crippen LogP contribution in [0.3, 0.4) is 0 Å². The van der Waals surface area contributed by atoms with Gasteiger partial charge in [-0.2, -0.15) is 0 Å². The Balaban J connectivity index is 2.10. The summed E-state index contributed by atoms with van der Waals surface area (Å²) in [5.41, 5.74) is -0.643. The van der Waals surface area contributed by atoms with Crippen molar-refractivity contribution >= 4 is 17.3 Å². The normalized spacial score (nSPS) is 18.1. The summed E-state index contributed by atoms with van der Waals surface area (Å²) in [5.74, 6) is -0.0606. The Labute approximate surface area is 113 Å². The van der Waals surface area contributed by atoms with E-state index in [9.17, 15) is 23.7 Å². The van der Waals surface area contributed by atoms with E-state index in [0.717, 1.165) is 6.07 Å². The number of carbonyl (C=O) groups excluding carboxylic acids is 1. The van der Waals surface area contributed by atoms with Gasteiger partial charge in [0.2, 0.25) is 5.91 Å². The third-order valence-electron chi connectivity index (χ3n) is 3.10. The number of nitro benzene ring substituents is 1. The van der Waals surface area contributed by atoms with E-state index in [1.165, 1.54) is 12.1 Å². The molecular formula is C12H13F2N3O3. The van der Waals surface area contributed by atoms with Crippen molar-refractivity contribution < 1.29 is 18.5 Å². The van der Waals surface area contributed by atoms with Crippen LogP contribution in [0, 0.1) is 10.1 Å². The van der Waals surface area contributed by atoms with Crippen molar-refractivity contribution in [3.8, 4) is 0 Å². The van der Waals surface area contributed by atoms with Gasteiger partial charge in [-0.25, -0.2) is 8.78 Å². The van der Waals surface area contributed by atoms with Crippen LogP contribution in [-0.4, -0.2) is 23.4 Å². The fraction of sp³-hybridized carbons (Fsp3) is 0.417. The lowest BCUT2D eigenvalue weighted by Gasteiger charge is -2.15. The molecule has 1 unspecified atom stereocenters. The smallest absolute Gasteiger partial charge is 0.270 e. The van der Waals surface area contributed by atoms with Gasteiger partial charge < -0.3 is 10.6 Å². The van der Waals surface area contributed by atoms with E-state index in [2.05, 4.69) is 10.6 Å². The Morgan fingerprint density at radius 1 is 1.50 bits per heavy atom. The van der Waals surface area contributed by atoms with Crippen LogP contribution in [0.2, 0.25) is 0 Å². The molecule has 2 N–H and O–H groups in total. The van der Waals surface area contributed by atoms with Gasteiger partial charge in [0.25, 0.3) is 12.1 Å². The quantitative estimate of drug-likeness (QED) is 0.641. The van der Waals surface area contributed by atoms with Crippen LogP contribution < -0.4 is 10.6 Å². The molecule has 1 aliphatic rings. The summed E-state index contributed by atoms with van der Waals surface area (Å²) < 4.78 is 25.8. The minimum absolute atomic E-state index is 0.0606. The number of rotatable bonds is 5. The lowest BCUT2D eigenvalue weighted by molar-refractivity contribution is -0.385. The number of halogens is 2. The van der Waals surface area contributed by atoms with Crippen LogP contribution in [0.15, 0.2) is 18.2 Å². The molecule has 1 amide bonds. The molecule has 20 heavy (non-hydrogen) atoms. The summed E-state index contributed by atoms with van der Waals surface area (Å²) in [6.07, 6.45) is -1.74. The van der Waals surface area contributed by atoms with Gasteiger partial charge >= 0.3 is 0 Å². The molecule has 0 saturated carbocycles. The van der Waals surface area contributed by atoms with Gasteiger partial charge in [-0.15, -0.1) is 0 Å². The zero-order valence-electron chi connectivity index (χ0n) is 10.4. The second-order valence-corrected chi connectivity index (χ2v) is 4.51. The molecule has 1 aliphatic heterocycles.